The monoisotopic (exact) mass is 422 g/mol. The molecule has 30 heavy (non-hydrogen) atoms. The highest BCUT2D eigenvalue weighted by Gasteiger charge is 2.14. The van der Waals surface area contributed by atoms with Gasteiger partial charge in [0.25, 0.3) is 5.91 Å². The van der Waals surface area contributed by atoms with Gasteiger partial charge in [0.2, 0.25) is 0 Å². The van der Waals surface area contributed by atoms with Crippen LogP contribution in [0.1, 0.15) is 32.2 Å². The average Bonchev–Trinajstić information content (AvgIpc) is 3.47. The van der Waals surface area contributed by atoms with Gasteiger partial charge in [-0.05, 0) is 38.1 Å². The zero-order valence-corrected chi connectivity index (χ0v) is 17.3. The number of carbonyl (C=O) groups is 2. The first kappa shape index (κ1) is 19.5. The number of pyridine rings is 1. The van der Waals surface area contributed by atoms with Crippen molar-refractivity contribution in [1.82, 2.24) is 24.7 Å². The number of nitrogens with one attached hydrogen (secondary N) is 2. The molecule has 152 valence electrons. The summed E-state index contributed by atoms with van der Waals surface area (Å²) in [4.78, 5) is 35.7. The van der Waals surface area contributed by atoms with E-state index in [-0.39, 0.29) is 5.91 Å². The Morgan fingerprint density at radius 2 is 2.07 bits per heavy atom. The van der Waals surface area contributed by atoms with E-state index in [4.69, 9.17) is 0 Å². The number of hydrogen-bond acceptors (Lipinski definition) is 7. The van der Waals surface area contributed by atoms with Crippen LogP contribution in [0.3, 0.4) is 0 Å². The molecule has 0 aliphatic carbocycles. The number of ether oxygens (including phenoxy) is 1. The maximum Gasteiger partial charge on any atom is 0.354 e. The van der Waals surface area contributed by atoms with Gasteiger partial charge in [-0.2, -0.15) is 5.10 Å². The van der Waals surface area contributed by atoms with Gasteiger partial charge >= 0.3 is 5.97 Å². The van der Waals surface area contributed by atoms with Crippen molar-refractivity contribution in [1.29, 1.82) is 0 Å². The fourth-order valence-electron chi connectivity index (χ4n) is 2.91. The maximum atomic E-state index is 12.5. The second-order valence-electron chi connectivity index (χ2n) is 6.53. The zero-order chi connectivity index (χ0) is 21.3. The van der Waals surface area contributed by atoms with E-state index in [9.17, 15) is 9.59 Å². The number of aryl methyl sites for hydroxylation is 2. The Hall–Kier alpha value is -3.79. The number of H-pyrrole nitrogens is 1. The fraction of sp³-hybridized carbons (Fsp3) is 0.150. The second-order valence-corrected chi connectivity index (χ2v) is 7.39. The third-order valence-corrected chi connectivity index (χ3v) is 5.10. The number of amides is 1. The molecular formula is C20H18N6O3S. The lowest BCUT2D eigenvalue weighted by Gasteiger charge is -2.05. The van der Waals surface area contributed by atoms with E-state index in [2.05, 4.69) is 30.1 Å². The number of carbonyl (C=O) groups excluding carboxylic acids is 2. The first-order valence-corrected chi connectivity index (χ1v) is 9.86. The Bertz CT molecular complexity index is 1220. The molecule has 0 spiro atoms. The molecule has 4 heterocycles. The van der Waals surface area contributed by atoms with E-state index in [1.54, 1.807) is 34.5 Å². The van der Waals surface area contributed by atoms with Crippen LogP contribution in [-0.4, -0.2) is 43.7 Å². The molecule has 4 aromatic heterocycles. The van der Waals surface area contributed by atoms with Crippen LogP contribution in [-0.2, 0) is 4.74 Å². The highest BCUT2D eigenvalue weighted by atomic mass is 32.1. The minimum absolute atomic E-state index is 0.312. The van der Waals surface area contributed by atoms with Gasteiger partial charge in [0.05, 0.1) is 24.1 Å². The number of aromatic amines is 1. The van der Waals surface area contributed by atoms with Crippen molar-refractivity contribution in [2.24, 2.45) is 0 Å². The Labute approximate surface area is 175 Å². The summed E-state index contributed by atoms with van der Waals surface area (Å²) in [6, 6.07) is 7.04. The van der Waals surface area contributed by atoms with Gasteiger partial charge in [0.1, 0.15) is 5.69 Å². The van der Waals surface area contributed by atoms with Gasteiger partial charge in [-0.15, -0.1) is 11.3 Å². The van der Waals surface area contributed by atoms with Crippen molar-refractivity contribution in [2.45, 2.75) is 13.8 Å². The topological polar surface area (TPSA) is 115 Å². The summed E-state index contributed by atoms with van der Waals surface area (Å²) in [6.07, 6.45) is 3.17. The molecule has 10 heteroatoms. The molecule has 0 saturated heterocycles. The van der Waals surface area contributed by atoms with Crippen LogP contribution in [0.25, 0.3) is 17.1 Å². The highest BCUT2D eigenvalue weighted by Crippen LogP contribution is 2.26. The van der Waals surface area contributed by atoms with E-state index in [1.807, 2.05) is 19.9 Å². The summed E-state index contributed by atoms with van der Waals surface area (Å²) in [5.41, 5.74) is 3.97. The van der Waals surface area contributed by atoms with E-state index >= 15 is 0 Å². The summed E-state index contributed by atoms with van der Waals surface area (Å²) < 4.78 is 6.41. The molecule has 0 saturated carbocycles. The molecule has 0 aliphatic rings. The molecule has 1 amide bonds. The number of rotatable bonds is 5. The molecule has 2 N–H and O–H groups in total. The van der Waals surface area contributed by atoms with Crippen molar-refractivity contribution in [2.75, 3.05) is 12.4 Å². The van der Waals surface area contributed by atoms with Crippen LogP contribution in [0.2, 0.25) is 0 Å². The average molecular weight is 422 g/mol. The number of methoxy groups -OCH3 is 1. The van der Waals surface area contributed by atoms with Crippen molar-refractivity contribution in [3.8, 4) is 17.1 Å². The number of hydrogen-bond donors (Lipinski definition) is 2. The van der Waals surface area contributed by atoms with Crippen LogP contribution in [0.4, 0.5) is 5.13 Å². The summed E-state index contributed by atoms with van der Waals surface area (Å²) in [6.45, 7) is 3.86. The first-order valence-electron chi connectivity index (χ1n) is 8.98. The third kappa shape index (κ3) is 3.85. The van der Waals surface area contributed by atoms with Crippen molar-refractivity contribution >= 4 is 28.3 Å². The molecule has 0 radical (unpaired) electrons. The van der Waals surface area contributed by atoms with Gasteiger partial charge in [-0.25, -0.2) is 19.4 Å². The van der Waals surface area contributed by atoms with Crippen LogP contribution in [0.15, 0.2) is 42.0 Å². The number of aromatic nitrogens is 5. The highest BCUT2D eigenvalue weighted by molar-refractivity contribution is 7.14. The molecule has 0 bridgehead atoms. The van der Waals surface area contributed by atoms with E-state index in [1.165, 1.54) is 24.6 Å². The molecule has 0 aromatic carbocycles. The lowest BCUT2D eigenvalue weighted by atomic mass is 10.2. The first-order chi connectivity index (χ1) is 14.4. The standard InChI is InChI=1S/C20H18N6O3S/c1-11-6-12(2)26(25-11)17-5-4-13(8-22-17)18(27)24-20-23-16(10-30-20)14-7-15(21-9-14)19(28)29-3/h4-10,21H,1-3H3,(H,23,24,27). The summed E-state index contributed by atoms with van der Waals surface area (Å²) in [5, 5.41) is 9.39. The molecule has 4 aromatic rings. The molecule has 0 aliphatic heterocycles. The fourth-order valence-corrected chi connectivity index (χ4v) is 3.62. The lowest BCUT2D eigenvalue weighted by molar-refractivity contribution is 0.0594. The van der Waals surface area contributed by atoms with Crippen LogP contribution in [0, 0.1) is 13.8 Å². The molecule has 0 unspecified atom stereocenters. The minimum atomic E-state index is -0.457. The van der Waals surface area contributed by atoms with Crippen LogP contribution >= 0.6 is 11.3 Å². The summed E-state index contributed by atoms with van der Waals surface area (Å²) >= 11 is 1.29. The SMILES string of the molecule is COC(=O)c1cc(-c2csc(NC(=O)c3ccc(-n4nc(C)cc4C)nc3)n2)c[nH]1. The summed E-state index contributed by atoms with van der Waals surface area (Å²) in [5.74, 6) is -0.128. The molecular weight excluding hydrogens is 404 g/mol. The Morgan fingerprint density at radius 1 is 1.23 bits per heavy atom. The van der Waals surface area contributed by atoms with Gasteiger partial charge in [0, 0.05) is 29.0 Å². The number of nitrogens with zero attached hydrogens (tertiary/aromatic N) is 4. The van der Waals surface area contributed by atoms with Crippen molar-refractivity contribution in [3.63, 3.8) is 0 Å². The quantitative estimate of drug-likeness (QED) is 0.477. The summed E-state index contributed by atoms with van der Waals surface area (Å²) in [7, 11) is 1.32. The Kier molecular flexibility index (Phi) is 5.15. The van der Waals surface area contributed by atoms with Crippen molar-refractivity contribution < 1.29 is 14.3 Å². The van der Waals surface area contributed by atoms with E-state index in [0.29, 0.717) is 27.9 Å². The van der Waals surface area contributed by atoms with Gasteiger partial charge < -0.3 is 9.72 Å². The number of thiazole rings is 1. The van der Waals surface area contributed by atoms with Crippen LogP contribution < -0.4 is 5.32 Å². The van der Waals surface area contributed by atoms with Gasteiger partial charge in [-0.3, -0.25) is 10.1 Å². The third-order valence-electron chi connectivity index (χ3n) is 4.35. The smallest absolute Gasteiger partial charge is 0.354 e. The Morgan fingerprint density at radius 3 is 2.73 bits per heavy atom. The van der Waals surface area contributed by atoms with Crippen LogP contribution in [0.5, 0.6) is 0 Å². The van der Waals surface area contributed by atoms with Gasteiger partial charge in [0.15, 0.2) is 10.9 Å². The normalized spacial score (nSPS) is 10.8. The molecule has 4 rings (SSSR count). The number of anilines is 1. The van der Waals surface area contributed by atoms with Crippen molar-refractivity contribution in [3.05, 3.63) is 64.7 Å². The molecule has 9 nitrogen and oxygen atoms in total. The maximum absolute atomic E-state index is 12.5. The predicted octanol–water partition coefficient (Wildman–Crippen LogP) is 3.37. The largest absolute Gasteiger partial charge is 0.464 e. The number of esters is 1. The van der Waals surface area contributed by atoms with Gasteiger partial charge in [-0.1, -0.05) is 0 Å². The van der Waals surface area contributed by atoms with E-state index in [0.717, 1.165) is 17.0 Å². The molecule has 0 atom stereocenters. The predicted molar refractivity (Wildman–Crippen MR) is 112 cm³/mol. The Balaban J connectivity index is 1.46. The van der Waals surface area contributed by atoms with E-state index < -0.39 is 5.97 Å². The zero-order valence-electron chi connectivity index (χ0n) is 16.5. The molecule has 0 fully saturated rings. The lowest BCUT2D eigenvalue weighted by Crippen LogP contribution is -2.12. The second kappa shape index (κ2) is 7.91. The minimum Gasteiger partial charge on any atom is -0.464 e.